The number of thioether (sulfide) groups is 1. The van der Waals surface area contributed by atoms with Crippen LogP contribution in [0.15, 0.2) is 0 Å². The Labute approximate surface area is 61.0 Å². The van der Waals surface area contributed by atoms with Gasteiger partial charge in [0.1, 0.15) is 0 Å². The van der Waals surface area contributed by atoms with Crippen LogP contribution in [0.2, 0.25) is 0 Å². The van der Waals surface area contributed by atoms with Gasteiger partial charge in [0.2, 0.25) is 0 Å². The molecule has 0 bridgehead atoms. The molecular weight excluding hydrogens is 142 g/mol. The fraction of sp³-hybridized carbons (Fsp3) is 1.00. The quantitative estimate of drug-likeness (QED) is 0.560. The van der Waals surface area contributed by atoms with Crippen molar-refractivity contribution in [2.75, 3.05) is 18.8 Å². The highest BCUT2D eigenvalue weighted by molar-refractivity contribution is 7.99. The summed E-state index contributed by atoms with van der Waals surface area (Å²) in [6.07, 6.45) is 0. The molecule has 1 heterocycles. The van der Waals surface area contributed by atoms with E-state index in [1.54, 1.807) is 0 Å². The van der Waals surface area contributed by atoms with Crippen molar-refractivity contribution in [1.82, 2.24) is 5.32 Å². The normalized spacial score (nSPS) is 28.9. The van der Waals surface area contributed by atoms with Crippen molar-refractivity contribution in [1.29, 1.82) is 0 Å². The summed E-state index contributed by atoms with van der Waals surface area (Å²) in [7, 11) is 0. The van der Waals surface area contributed by atoms with Crippen molar-refractivity contribution in [2.45, 2.75) is 12.2 Å². The second kappa shape index (κ2) is 4.48. The monoisotopic (exact) mass is 153 g/mol. The zero-order chi connectivity index (χ0) is 5.11. The van der Waals surface area contributed by atoms with E-state index in [4.69, 9.17) is 0 Å². The molecule has 0 aliphatic carbocycles. The van der Waals surface area contributed by atoms with E-state index in [0.29, 0.717) is 0 Å². The molecular formula is C5H12ClNS. The van der Waals surface area contributed by atoms with Crippen molar-refractivity contribution >= 4 is 24.2 Å². The Morgan fingerprint density at radius 1 is 1.62 bits per heavy atom. The number of halogens is 1. The predicted octanol–water partition coefficient (Wildman–Crippen LogP) is 1.13. The third-order valence-electron chi connectivity index (χ3n) is 1.11. The van der Waals surface area contributed by atoms with Gasteiger partial charge in [-0.3, -0.25) is 0 Å². The van der Waals surface area contributed by atoms with E-state index in [2.05, 4.69) is 24.0 Å². The molecule has 1 nitrogen and oxygen atoms in total. The van der Waals surface area contributed by atoms with Crippen LogP contribution in [0.4, 0.5) is 0 Å². The largest absolute Gasteiger partial charge is 0.315 e. The topological polar surface area (TPSA) is 12.0 Å². The lowest BCUT2D eigenvalue weighted by atomic mass is 10.4. The maximum atomic E-state index is 3.31. The summed E-state index contributed by atoms with van der Waals surface area (Å²) in [6, 6.07) is 0. The molecule has 0 aromatic heterocycles. The maximum Gasteiger partial charge on any atom is 0.0144 e. The summed E-state index contributed by atoms with van der Waals surface area (Å²) in [5, 5.41) is 4.16. The van der Waals surface area contributed by atoms with E-state index >= 15 is 0 Å². The second-order valence-corrected chi connectivity index (χ2v) is 3.43. The Bertz CT molecular complexity index is 54.4. The molecule has 1 saturated heterocycles. The standard InChI is InChI=1S/C5H11NS.ClH/c1-5-4-6-2-3-7-5;/h5-6H,2-4H2,1H3;1H/t5-;/m1./s1. The Morgan fingerprint density at radius 3 is 2.62 bits per heavy atom. The molecule has 0 unspecified atom stereocenters. The summed E-state index contributed by atoms with van der Waals surface area (Å²) < 4.78 is 0. The van der Waals surface area contributed by atoms with E-state index in [-0.39, 0.29) is 12.4 Å². The minimum Gasteiger partial charge on any atom is -0.315 e. The molecule has 0 radical (unpaired) electrons. The van der Waals surface area contributed by atoms with Gasteiger partial charge in [-0.2, -0.15) is 11.8 Å². The molecule has 50 valence electrons. The number of nitrogens with one attached hydrogen (secondary N) is 1. The van der Waals surface area contributed by atoms with Crippen LogP contribution in [0.1, 0.15) is 6.92 Å². The molecule has 0 aromatic carbocycles. The first-order valence-corrected chi connectivity index (χ1v) is 3.77. The van der Waals surface area contributed by atoms with E-state index < -0.39 is 0 Å². The first kappa shape index (κ1) is 8.60. The zero-order valence-electron chi connectivity index (χ0n) is 5.02. The van der Waals surface area contributed by atoms with Crippen molar-refractivity contribution < 1.29 is 0 Å². The molecule has 1 N–H and O–H groups in total. The Morgan fingerprint density at radius 2 is 2.38 bits per heavy atom. The lowest BCUT2D eigenvalue weighted by Crippen LogP contribution is -2.30. The van der Waals surface area contributed by atoms with Crippen LogP contribution in [-0.4, -0.2) is 24.1 Å². The lowest BCUT2D eigenvalue weighted by molar-refractivity contribution is 0.695. The molecule has 1 atom stereocenters. The SMILES string of the molecule is C[C@@H]1CNCCS1.Cl. The smallest absolute Gasteiger partial charge is 0.0144 e. The molecule has 0 saturated carbocycles. The van der Waals surface area contributed by atoms with Crippen molar-refractivity contribution in [2.24, 2.45) is 0 Å². The van der Waals surface area contributed by atoms with Crippen LogP contribution in [0.5, 0.6) is 0 Å². The fourth-order valence-corrected chi connectivity index (χ4v) is 1.60. The first-order chi connectivity index (χ1) is 3.39. The molecule has 0 amide bonds. The van der Waals surface area contributed by atoms with Crippen molar-refractivity contribution in [3.8, 4) is 0 Å². The average Bonchev–Trinajstić information content (AvgIpc) is 1.69. The van der Waals surface area contributed by atoms with Gasteiger partial charge in [0.05, 0.1) is 0 Å². The van der Waals surface area contributed by atoms with Crippen molar-refractivity contribution in [3.05, 3.63) is 0 Å². The van der Waals surface area contributed by atoms with Crippen LogP contribution in [0, 0.1) is 0 Å². The van der Waals surface area contributed by atoms with Gasteiger partial charge in [0.25, 0.3) is 0 Å². The fourth-order valence-electron chi connectivity index (χ4n) is 0.697. The average molecular weight is 154 g/mol. The summed E-state index contributed by atoms with van der Waals surface area (Å²) in [4.78, 5) is 0. The zero-order valence-corrected chi connectivity index (χ0v) is 6.65. The molecule has 0 spiro atoms. The maximum absolute atomic E-state index is 3.31. The van der Waals surface area contributed by atoms with E-state index in [1.165, 1.54) is 18.8 Å². The van der Waals surface area contributed by atoms with Crippen LogP contribution < -0.4 is 5.32 Å². The van der Waals surface area contributed by atoms with Crippen molar-refractivity contribution in [3.63, 3.8) is 0 Å². The molecule has 1 rings (SSSR count). The highest BCUT2D eigenvalue weighted by Gasteiger charge is 2.05. The third-order valence-corrected chi connectivity index (χ3v) is 2.29. The van der Waals surface area contributed by atoms with Gasteiger partial charge in [-0.25, -0.2) is 0 Å². The van der Waals surface area contributed by atoms with Gasteiger partial charge in [-0.15, -0.1) is 12.4 Å². The predicted molar refractivity (Wildman–Crippen MR) is 42.0 cm³/mol. The van der Waals surface area contributed by atoms with E-state index in [9.17, 15) is 0 Å². The molecule has 3 heteroatoms. The van der Waals surface area contributed by atoms with E-state index in [0.717, 1.165) is 5.25 Å². The summed E-state index contributed by atoms with van der Waals surface area (Å²) in [6.45, 7) is 4.66. The summed E-state index contributed by atoms with van der Waals surface area (Å²) in [5.74, 6) is 1.29. The highest BCUT2D eigenvalue weighted by atomic mass is 35.5. The van der Waals surface area contributed by atoms with Gasteiger partial charge in [-0.05, 0) is 0 Å². The highest BCUT2D eigenvalue weighted by Crippen LogP contribution is 2.10. The Hall–Kier alpha value is 0.600. The first-order valence-electron chi connectivity index (χ1n) is 2.72. The molecule has 8 heavy (non-hydrogen) atoms. The van der Waals surface area contributed by atoms with Gasteiger partial charge < -0.3 is 5.32 Å². The minimum atomic E-state index is 0. The van der Waals surface area contributed by atoms with Crippen LogP contribution in [-0.2, 0) is 0 Å². The Kier molecular flexibility index (Phi) is 4.81. The van der Waals surface area contributed by atoms with E-state index in [1.807, 2.05) is 0 Å². The number of hydrogen-bond donors (Lipinski definition) is 1. The molecule has 1 fully saturated rings. The number of hydrogen-bond acceptors (Lipinski definition) is 2. The Balaban J connectivity index is 0.000000490. The van der Waals surface area contributed by atoms with Gasteiger partial charge >= 0.3 is 0 Å². The van der Waals surface area contributed by atoms with Gasteiger partial charge in [0.15, 0.2) is 0 Å². The lowest BCUT2D eigenvalue weighted by Gasteiger charge is -2.17. The second-order valence-electron chi connectivity index (χ2n) is 1.89. The molecule has 1 aliphatic heterocycles. The number of rotatable bonds is 0. The summed E-state index contributed by atoms with van der Waals surface area (Å²) >= 11 is 2.06. The van der Waals surface area contributed by atoms with Crippen LogP contribution in [0.25, 0.3) is 0 Å². The summed E-state index contributed by atoms with van der Waals surface area (Å²) in [5.41, 5.74) is 0. The van der Waals surface area contributed by atoms with Crippen LogP contribution in [0.3, 0.4) is 0 Å². The molecule has 1 aliphatic rings. The molecule has 0 aromatic rings. The minimum absolute atomic E-state index is 0. The van der Waals surface area contributed by atoms with Gasteiger partial charge in [0, 0.05) is 24.1 Å². The van der Waals surface area contributed by atoms with Gasteiger partial charge in [-0.1, -0.05) is 6.92 Å². The third kappa shape index (κ3) is 2.80. The van der Waals surface area contributed by atoms with Crippen LogP contribution >= 0.6 is 24.2 Å².